The van der Waals surface area contributed by atoms with Gasteiger partial charge in [0.25, 0.3) is 5.91 Å². The van der Waals surface area contributed by atoms with E-state index >= 15 is 0 Å². The molecule has 1 heterocycles. The fourth-order valence-corrected chi connectivity index (χ4v) is 7.23. The van der Waals surface area contributed by atoms with Crippen molar-refractivity contribution in [3.63, 3.8) is 0 Å². The molecule has 2 aliphatic carbocycles. The number of carbonyl (C=O) groups is 2. The van der Waals surface area contributed by atoms with Gasteiger partial charge in [-0.15, -0.1) is 0 Å². The van der Waals surface area contributed by atoms with E-state index in [4.69, 9.17) is 15.0 Å². The minimum atomic E-state index is -4.91. The van der Waals surface area contributed by atoms with E-state index in [-0.39, 0.29) is 24.0 Å². The van der Waals surface area contributed by atoms with Crippen LogP contribution in [0.25, 0.3) is 0 Å². The van der Waals surface area contributed by atoms with Crippen LogP contribution in [0.5, 0.6) is 0 Å². The van der Waals surface area contributed by atoms with Gasteiger partial charge in [0.1, 0.15) is 39.6 Å². The Labute approximate surface area is 364 Å². The first-order chi connectivity index (χ1) is 28.1. The lowest BCUT2D eigenvalue weighted by molar-refractivity contribution is -0.178. The Hall–Kier alpha value is -4.11. The third-order valence-corrected chi connectivity index (χ3v) is 11.7. The van der Waals surface area contributed by atoms with Crippen LogP contribution in [-0.2, 0) is 18.9 Å². The minimum absolute atomic E-state index is 0.221. The number of benzene rings is 2. The monoisotopic (exact) mass is 944 g/mol. The highest BCUT2D eigenvalue weighted by molar-refractivity contribution is 9.10. The molecule has 1 aliphatic heterocycles. The molecule has 2 saturated carbocycles. The standard InChI is InChI=1S/C24H30BF4N3O3.C18H20BrF4N3O/c1-20(2,26)13-17(19(33)32-23(14-30)11-12-23)31-18(24(27,28)29)15-7-9-16(10-8-15)25-34-21(3,4)22(5,6)35-25;1-15(2,20)9-17(14(25)27,26-16(10-24)7-8-16)13(18(21,22)23)11-3-5-12(19)6-4-11/h7-10,18H,11-13H2,1-6H3,(H,32,33);3-6,13,26H,7-9H2,1-2H3,(H2,25,27)/t18-;13-,17+/m00/s1. The van der Waals surface area contributed by atoms with Crippen molar-refractivity contribution < 1.29 is 54.0 Å². The van der Waals surface area contributed by atoms with Gasteiger partial charge in [-0.3, -0.25) is 19.9 Å². The summed E-state index contributed by atoms with van der Waals surface area (Å²) in [6, 6.07) is 12.1. The molecular weight excluding hydrogens is 895 g/mol. The van der Waals surface area contributed by atoms with Crippen LogP contribution in [0.2, 0.25) is 0 Å². The van der Waals surface area contributed by atoms with Crippen molar-refractivity contribution >= 4 is 46.0 Å². The van der Waals surface area contributed by atoms with E-state index in [1.165, 1.54) is 48.5 Å². The van der Waals surface area contributed by atoms with Gasteiger partial charge < -0.3 is 20.4 Å². The first kappa shape index (κ1) is 50.5. The summed E-state index contributed by atoms with van der Waals surface area (Å²) in [7, 11) is -0.753. The van der Waals surface area contributed by atoms with Gasteiger partial charge in [-0.2, -0.15) is 36.9 Å². The van der Waals surface area contributed by atoms with E-state index in [9.17, 15) is 55.2 Å². The van der Waals surface area contributed by atoms with Crippen molar-refractivity contribution in [2.75, 3.05) is 0 Å². The minimum Gasteiger partial charge on any atom is -0.399 e. The van der Waals surface area contributed by atoms with Crippen molar-refractivity contribution in [2.45, 2.75) is 157 Å². The predicted octanol–water partition coefficient (Wildman–Crippen LogP) is 8.44. The molecule has 20 heteroatoms. The Morgan fingerprint density at radius 1 is 0.790 bits per heavy atom. The summed E-state index contributed by atoms with van der Waals surface area (Å²) in [5.41, 5.74) is -5.41. The summed E-state index contributed by atoms with van der Waals surface area (Å²) in [5.74, 6) is -4.74. The van der Waals surface area contributed by atoms with Gasteiger partial charge in [-0.25, -0.2) is 8.78 Å². The maximum Gasteiger partial charge on any atom is 0.494 e. The van der Waals surface area contributed by atoms with E-state index < -0.39 is 101 Å². The summed E-state index contributed by atoms with van der Waals surface area (Å²) < 4.78 is 126. The average Bonchev–Trinajstić information content (AvgIpc) is 4.05. The van der Waals surface area contributed by atoms with Crippen molar-refractivity contribution in [2.24, 2.45) is 10.7 Å². The number of rotatable bonds is 14. The van der Waals surface area contributed by atoms with E-state index in [1.807, 2.05) is 39.8 Å². The van der Waals surface area contributed by atoms with Crippen LogP contribution >= 0.6 is 15.9 Å². The zero-order valence-corrected chi connectivity index (χ0v) is 37.1. The average molecular weight is 946 g/mol. The maximum absolute atomic E-state index is 14.6. The number of aliphatic imine (C=N–C) groups is 1. The van der Waals surface area contributed by atoms with Crippen LogP contribution in [0.3, 0.4) is 0 Å². The molecule has 5 rings (SSSR count). The molecule has 2 aromatic rings. The molecule has 2 aromatic carbocycles. The molecule has 62 heavy (non-hydrogen) atoms. The van der Waals surface area contributed by atoms with Crippen LogP contribution < -0.4 is 21.8 Å². The normalized spacial score (nSPS) is 20.9. The molecule has 10 nitrogen and oxygen atoms in total. The highest BCUT2D eigenvalue weighted by atomic mass is 79.9. The smallest absolute Gasteiger partial charge is 0.399 e. The number of nitriles is 2. The molecular formula is C42H50BBrF8N6O4. The summed E-state index contributed by atoms with van der Waals surface area (Å²) in [6.45, 7) is 11.9. The fraction of sp³-hybridized carbons (Fsp3) is 0.595. The van der Waals surface area contributed by atoms with Gasteiger partial charge >= 0.3 is 19.5 Å². The second-order valence-electron chi connectivity index (χ2n) is 18.4. The highest BCUT2D eigenvalue weighted by Crippen LogP contribution is 2.50. The topological polar surface area (TPSA) is 163 Å². The highest BCUT2D eigenvalue weighted by Gasteiger charge is 2.63. The van der Waals surface area contributed by atoms with Crippen LogP contribution in [0.4, 0.5) is 35.1 Å². The molecule has 0 radical (unpaired) electrons. The van der Waals surface area contributed by atoms with Gasteiger partial charge in [-0.05, 0) is 110 Å². The summed E-state index contributed by atoms with van der Waals surface area (Å²) >= 11 is 3.15. The summed E-state index contributed by atoms with van der Waals surface area (Å²) in [6.07, 6.45) is -9.95. The van der Waals surface area contributed by atoms with Gasteiger partial charge in [0, 0.05) is 17.3 Å². The van der Waals surface area contributed by atoms with Gasteiger partial charge in [0.2, 0.25) is 5.91 Å². The van der Waals surface area contributed by atoms with E-state index in [0.717, 1.165) is 27.7 Å². The number of alkyl halides is 8. The van der Waals surface area contributed by atoms with E-state index in [0.29, 0.717) is 22.8 Å². The predicted molar refractivity (Wildman–Crippen MR) is 219 cm³/mol. The SMILES string of the molecule is CC(C)(F)CC(=N[C@@H](c1ccc(B2OC(C)(C)C(C)(C)O2)cc1)C(F)(F)F)C(=O)NC1(C#N)CC1.CC(C)(F)C[C@](NC1(C#N)CC1)(C(N)=O)[C@H](c1ccc(Br)cc1)C(F)(F)F. The van der Waals surface area contributed by atoms with Crippen LogP contribution in [0.15, 0.2) is 58.0 Å². The third kappa shape index (κ3) is 12.3. The van der Waals surface area contributed by atoms with Crippen molar-refractivity contribution in [1.82, 2.24) is 10.6 Å². The third-order valence-electron chi connectivity index (χ3n) is 11.1. The van der Waals surface area contributed by atoms with Crippen LogP contribution in [0, 0.1) is 22.7 Å². The number of primary amides is 1. The lowest BCUT2D eigenvalue weighted by atomic mass is 9.71. The quantitative estimate of drug-likeness (QED) is 0.0973. The molecule has 0 bridgehead atoms. The Morgan fingerprint density at radius 3 is 1.63 bits per heavy atom. The lowest BCUT2D eigenvalue weighted by Gasteiger charge is -2.43. The number of halogens is 9. The number of carbonyl (C=O) groups excluding carboxylic acids is 2. The first-order valence-electron chi connectivity index (χ1n) is 19.7. The number of hydrogen-bond acceptors (Lipinski definition) is 8. The molecule has 0 aromatic heterocycles. The molecule has 0 unspecified atom stereocenters. The fourth-order valence-electron chi connectivity index (χ4n) is 6.97. The van der Waals surface area contributed by atoms with Crippen molar-refractivity contribution in [3.8, 4) is 12.1 Å². The molecule has 338 valence electrons. The van der Waals surface area contributed by atoms with Gasteiger partial charge in [-0.1, -0.05) is 52.3 Å². The van der Waals surface area contributed by atoms with E-state index in [1.54, 1.807) is 0 Å². The molecule has 3 atom stereocenters. The van der Waals surface area contributed by atoms with Crippen molar-refractivity contribution in [1.29, 1.82) is 10.5 Å². The molecule has 2 amide bonds. The Morgan fingerprint density at radius 2 is 1.26 bits per heavy atom. The van der Waals surface area contributed by atoms with Crippen molar-refractivity contribution in [3.05, 3.63) is 64.1 Å². The number of hydrogen-bond donors (Lipinski definition) is 3. The molecule has 1 saturated heterocycles. The molecule has 3 fully saturated rings. The van der Waals surface area contributed by atoms with Gasteiger partial charge in [0.15, 0.2) is 6.04 Å². The summed E-state index contributed by atoms with van der Waals surface area (Å²) in [5, 5.41) is 23.5. The molecule has 3 aliphatic rings. The zero-order valence-electron chi connectivity index (χ0n) is 35.5. The second-order valence-corrected chi connectivity index (χ2v) is 19.3. The number of nitrogens with zero attached hydrogens (tertiary/aromatic N) is 3. The Kier molecular flexibility index (Phi) is 14.2. The second kappa shape index (κ2) is 17.5. The molecule has 0 spiro atoms. The Bertz CT molecular complexity index is 2060. The maximum atomic E-state index is 14.6. The number of amides is 2. The van der Waals surface area contributed by atoms with Crippen LogP contribution in [-0.4, -0.2) is 76.2 Å². The van der Waals surface area contributed by atoms with Gasteiger partial charge in [0.05, 0.1) is 23.3 Å². The van der Waals surface area contributed by atoms with Crippen LogP contribution in [0.1, 0.15) is 117 Å². The number of nitrogens with one attached hydrogen (secondary N) is 2. The zero-order chi connectivity index (χ0) is 47.1. The molecule has 4 N–H and O–H groups in total. The largest absolute Gasteiger partial charge is 0.494 e. The van der Waals surface area contributed by atoms with E-state index in [2.05, 4.69) is 31.6 Å². The number of nitrogens with two attached hydrogens (primary N) is 1. The first-order valence-corrected chi connectivity index (χ1v) is 20.5. The Balaban J connectivity index is 0.000000282. The summed E-state index contributed by atoms with van der Waals surface area (Å²) in [4.78, 5) is 28.8. The lowest BCUT2D eigenvalue weighted by Crippen LogP contribution is -2.67.